The quantitative estimate of drug-likeness (QED) is 0.188. The molecule has 11 heteroatoms. The highest BCUT2D eigenvalue weighted by Gasteiger charge is 2.31. The molecule has 0 bridgehead atoms. The first-order valence-corrected chi connectivity index (χ1v) is 9.62. The van der Waals surface area contributed by atoms with Gasteiger partial charge >= 0.3 is 5.97 Å². The van der Waals surface area contributed by atoms with E-state index < -0.39 is 49.7 Å². The zero-order valence-electron chi connectivity index (χ0n) is 15.9. The Bertz CT molecular complexity index is 1210. The Morgan fingerprint density at radius 1 is 0.875 bits per heavy atom. The number of hydrogen-bond acceptors (Lipinski definition) is 7. The van der Waals surface area contributed by atoms with Crippen LogP contribution in [0.3, 0.4) is 0 Å². The van der Waals surface area contributed by atoms with Gasteiger partial charge in [-0.15, -0.1) is 0 Å². The fraction of sp³-hybridized carbons (Fsp3) is 0.0476. The van der Waals surface area contributed by atoms with E-state index in [1.807, 2.05) is 0 Å². The molecule has 3 aromatic rings. The van der Waals surface area contributed by atoms with E-state index >= 15 is 0 Å². The van der Waals surface area contributed by atoms with Crippen LogP contribution in [-0.2, 0) is 4.74 Å². The number of Topliss-reactive ketones (excluding diaryl/α,β-unsaturated/α-hetero) is 1. The first kappa shape index (κ1) is 22.9. The lowest BCUT2D eigenvalue weighted by atomic mass is 9.99. The Balaban J connectivity index is 2.06. The van der Waals surface area contributed by atoms with E-state index in [-0.39, 0.29) is 11.1 Å². The zero-order valence-corrected chi connectivity index (χ0v) is 17.4. The summed E-state index contributed by atoms with van der Waals surface area (Å²) < 4.78 is 5.37. The summed E-state index contributed by atoms with van der Waals surface area (Å²) in [6.45, 7) is 0. The van der Waals surface area contributed by atoms with E-state index in [0.717, 1.165) is 6.07 Å². The number of ketones is 1. The molecule has 0 N–H and O–H groups in total. The number of carbonyl (C=O) groups is 2. The Kier molecular flexibility index (Phi) is 6.82. The predicted molar refractivity (Wildman–Crippen MR) is 115 cm³/mol. The van der Waals surface area contributed by atoms with Gasteiger partial charge in [-0.1, -0.05) is 65.7 Å². The van der Waals surface area contributed by atoms with Gasteiger partial charge in [0.15, 0.2) is 6.10 Å². The van der Waals surface area contributed by atoms with Gasteiger partial charge in [0, 0.05) is 22.2 Å². The standard InChI is InChI=1S/C21H12Cl2N2O7/c22-14-8-6-13(7-9-14)20(19(26)12-4-2-1-3-5-12)32-21(27)16-10-15(24(28)29)11-17(18(16)23)25(30)31/h1-11,20H/t20-/m1/s1. The van der Waals surface area contributed by atoms with Crippen molar-refractivity contribution in [1.29, 1.82) is 0 Å². The Morgan fingerprint density at radius 3 is 2.06 bits per heavy atom. The third-order valence-corrected chi connectivity index (χ3v) is 5.01. The molecule has 0 aliphatic rings. The lowest BCUT2D eigenvalue weighted by molar-refractivity contribution is -0.394. The van der Waals surface area contributed by atoms with Gasteiger partial charge in [-0.05, 0) is 12.1 Å². The van der Waals surface area contributed by atoms with Crippen molar-refractivity contribution in [3.63, 3.8) is 0 Å². The zero-order chi connectivity index (χ0) is 23.4. The van der Waals surface area contributed by atoms with Crippen LogP contribution >= 0.6 is 23.2 Å². The van der Waals surface area contributed by atoms with E-state index in [1.54, 1.807) is 18.2 Å². The van der Waals surface area contributed by atoms with Crippen LogP contribution in [0.1, 0.15) is 32.4 Å². The first-order chi connectivity index (χ1) is 15.2. The highest BCUT2D eigenvalue weighted by atomic mass is 35.5. The summed E-state index contributed by atoms with van der Waals surface area (Å²) in [4.78, 5) is 46.4. The van der Waals surface area contributed by atoms with Gasteiger partial charge in [-0.3, -0.25) is 25.0 Å². The molecule has 9 nitrogen and oxygen atoms in total. The van der Waals surface area contributed by atoms with Crippen LogP contribution in [0.5, 0.6) is 0 Å². The summed E-state index contributed by atoms with van der Waals surface area (Å²) in [6.07, 6.45) is -1.46. The number of carbonyl (C=O) groups excluding carboxylic acids is 2. The van der Waals surface area contributed by atoms with Gasteiger partial charge in [0.2, 0.25) is 5.78 Å². The monoisotopic (exact) mass is 474 g/mol. The number of ether oxygens (including phenoxy) is 1. The number of nitro groups is 2. The smallest absolute Gasteiger partial charge is 0.341 e. The van der Waals surface area contributed by atoms with E-state index in [4.69, 9.17) is 27.9 Å². The number of hydrogen-bond donors (Lipinski definition) is 0. The molecule has 32 heavy (non-hydrogen) atoms. The van der Waals surface area contributed by atoms with Crippen LogP contribution in [0.15, 0.2) is 66.7 Å². The molecule has 0 aliphatic carbocycles. The highest BCUT2D eigenvalue weighted by Crippen LogP contribution is 2.34. The van der Waals surface area contributed by atoms with Gasteiger partial charge in [-0.2, -0.15) is 0 Å². The number of nitro benzene ring substituents is 2. The maximum absolute atomic E-state index is 13.1. The Hall–Kier alpha value is -3.82. The largest absolute Gasteiger partial charge is 0.445 e. The minimum Gasteiger partial charge on any atom is -0.445 e. The maximum Gasteiger partial charge on any atom is 0.341 e. The van der Waals surface area contributed by atoms with E-state index in [0.29, 0.717) is 11.1 Å². The molecular weight excluding hydrogens is 463 g/mol. The summed E-state index contributed by atoms with van der Waals surface area (Å²) in [5.74, 6) is -1.83. The predicted octanol–water partition coefficient (Wildman–Crippen LogP) is 5.59. The Labute approximate surface area is 190 Å². The minimum absolute atomic E-state index is 0.233. The molecular formula is C21H12Cl2N2O7. The second-order valence-corrected chi connectivity index (χ2v) is 7.22. The Morgan fingerprint density at radius 2 is 1.50 bits per heavy atom. The summed E-state index contributed by atoms with van der Waals surface area (Å²) in [7, 11) is 0. The number of nitrogens with zero attached hydrogens (tertiary/aromatic N) is 2. The number of halogens is 2. The molecule has 3 aromatic carbocycles. The number of esters is 1. The molecule has 0 unspecified atom stereocenters. The third-order valence-electron chi connectivity index (χ3n) is 4.36. The molecule has 3 rings (SSSR count). The molecule has 0 spiro atoms. The first-order valence-electron chi connectivity index (χ1n) is 8.87. The van der Waals surface area contributed by atoms with E-state index in [1.165, 1.54) is 36.4 Å². The molecule has 0 saturated carbocycles. The third kappa shape index (κ3) is 4.90. The van der Waals surface area contributed by atoms with Crippen molar-refractivity contribution in [2.45, 2.75) is 6.10 Å². The average Bonchev–Trinajstić information content (AvgIpc) is 2.78. The van der Waals surface area contributed by atoms with Crippen LogP contribution in [0.25, 0.3) is 0 Å². The van der Waals surface area contributed by atoms with Crippen LogP contribution in [-0.4, -0.2) is 21.6 Å². The van der Waals surface area contributed by atoms with E-state index in [2.05, 4.69) is 0 Å². The van der Waals surface area contributed by atoms with Crippen LogP contribution in [0, 0.1) is 20.2 Å². The summed E-state index contributed by atoms with van der Waals surface area (Å²) >= 11 is 11.8. The van der Waals surface area contributed by atoms with E-state index in [9.17, 15) is 29.8 Å². The van der Waals surface area contributed by atoms with Crippen LogP contribution in [0.4, 0.5) is 11.4 Å². The lowest BCUT2D eigenvalue weighted by Gasteiger charge is -2.18. The number of rotatable bonds is 7. The summed E-state index contributed by atoms with van der Waals surface area (Å²) in [5.41, 5.74) is -1.69. The number of benzene rings is 3. The van der Waals surface area contributed by atoms with Crippen molar-refractivity contribution in [3.05, 3.63) is 114 Å². The SMILES string of the molecule is O=C(O[C@@H](C(=O)c1ccccc1)c1ccc(Cl)cc1)c1cc([N+](=O)[O-])cc([N+](=O)[O-])c1Cl. The topological polar surface area (TPSA) is 130 Å². The molecule has 0 amide bonds. The van der Waals surface area contributed by atoms with Crippen molar-refractivity contribution in [3.8, 4) is 0 Å². The van der Waals surface area contributed by atoms with Crippen LogP contribution in [0.2, 0.25) is 10.0 Å². The van der Waals surface area contributed by atoms with Gasteiger partial charge in [-0.25, -0.2) is 4.79 Å². The molecule has 0 radical (unpaired) electrons. The maximum atomic E-state index is 13.1. The van der Waals surface area contributed by atoms with Gasteiger partial charge in [0.05, 0.1) is 21.5 Å². The molecule has 0 fully saturated rings. The molecule has 162 valence electrons. The molecule has 0 saturated heterocycles. The second-order valence-electron chi connectivity index (χ2n) is 6.41. The van der Waals surface area contributed by atoms with Crippen molar-refractivity contribution in [1.82, 2.24) is 0 Å². The van der Waals surface area contributed by atoms with Gasteiger partial charge < -0.3 is 4.74 Å². The van der Waals surface area contributed by atoms with Crippen molar-refractivity contribution in [2.75, 3.05) is 0 Å². The average molecular weight is 475 g/mol. The molecule has 1 atom stereocenters. The van der Waals surface area contributed by atoms with Crippen LogP contribution < -0.4 is 0 Å². The van der Waals surface area contributed by atoms with Gasteiger partial charge in [0.1, 0.15) is 5.02 Å². The summed E-state index contributed by atoms with van der Waals surface area (Å²) in [5, 5.41) is 22.1. The summed E-state index contributed by atoms with van der Waals surface area (Å²) in [6, 6.07) is 15.3. The normalized spacial score (nSPS) is 11.4. The lowest BCUT2D eigenvalue weighted by Crippen LogP contribution is -2.21. The van der Waals surface area contributed by atoms with Gasteiger partial charge in [0.25, 0.3) is 11.4 Å². The minimum atomic E-state index is -1.46. The van der Waals surface area contributed by atoms with Crippen molar-refractivity contribution < 1.29 is 24.2 Å². The van der Waals surface area contributed by atoms with Crippen molar-refractivity contribution >= 4 is 46.3 Å². The fourth-order valence-corrected chi connectivity index (χ4v) is 3.20. The molecule has 0 heterocycles. The van der Waals surface area contributed by atoms with Crippen molar-refractivity contribution in [2.24, 2.45) is 0 Å². The molecule has 0 aromatic heterocycles. The second kappa shape index (κ2) is 9.54. The highest BCUT2D eigenvalue weighted by molar-refractivity contribution is 6.35. The number of non-ortho nitro benzene ring substituents is 1. The molecule has 0 aliphatic heterocycles. The fourth-order valence-electron chi connectivity index (χ4n) is 2.82.